The summed E-state index contributed by atoms with van der Waals surface area (Å²) in [5.74, 6) is -1.03. The van der Waals surface area contributed by atoms with E-state index in [1.165, 1.54) is 52.7 Å². The number of hydrogen-bond donors (Lipinski definition) is 0. The first-order chi connectivity index (χ1) is 15.7. The van der Waals surface area contributed by atoms with Crippen LogP contribution in [0, 0.1) is 5.82 Å². The molecule has 0 aliphatic carbocycles. The molecule has 1 saturated heterocycles. The molecule has 0 N–H and O–H groups in total. The molecule has 0 saturated carbocycles. The molecule has 1 amide bonds. The van der Waals surface area contributed by atoms with Crippen molar-refractivity contribution >= 4 is 22.0 Å². The van der Waals surface area contributed by atoms with E-state index in [1.807, 2.05) is 0 Å². The van der Waals surface area contributed by atoms with Crippen LogP contribution in [0.15, 0.2) is 53.4 Å². The highest BCUT2D eigenvalue weighted by Gasteiger charge is 2.28. The van der Waals surface area contributed by atoms with Crippen LogP contribution in [0.1, 0.15) is 12.0 Å². The predicted molar refractivity (Wildman–Crippen MR) is 115 cm³/mol. The van der Waals surface area contributed by atoms with Crippen molar-refractivity contribution in [3.8, 4) is 11.5 Å². The molecule has 0 unspecified atom stereocenters. The molecule has 0 bridgehead atoms. The molecule has 33 heavy (non-hydrogen) atoms. The van der Waals surface area contributed by atoms with Gasteiger partial charge < -0.3 is 14.4 Å². The second kappa shape index (κ2) is 10.7. The van der Waals surface area contributed by atoms with Gasteiger partial charge in [0.25, 0.3) is 0 Å². The van der Waals surface area contributed by atoms with Gasteiger partial charge >= 0.3 is 6.61 Å². The Morgan fingerprint density at radius 1 is 1.06 bits per heavy atom. The van der Waals surface area contributed by atoms with Gasteiger partial charge in [-0.1, -0.05) is 12.1 Å². The van der Waals surface area contributed by atoms with Crippen molar-refractivity contribution in [2.45, 2.75) is 17.9 Å². The zero-order valence-corrected chi connectivity index (χ0v) is 18.6. The fourth-order valence-electron chi connectivity index (χ4n) is 3.42. The highest BCUT2D eigenvalue weighted by Crippen LogP contribution is 2.33. The normalized spacial score (nSPS) is 15.6. The minimum Gasteiger partial charge on any atom is -0.493 e. The third kappa shape index (κ3) is 6.05. The molecule has 2 aromatic carbocycles. The summed E-state index contributed by atoms with van der Waals surface area (Å²) >= 11 is 0. The second-order valence-corrected chi connectivity index (χ2v) is 9.07. The molecule has 178 valence electrons. The molecule has 2 aromatic rings. The van der Waals surface area contributed by atoms with Gasteiger partial charge in [-0.2, -0.15) is 13.1 Å². The van der Waals surface area contributed by atoms with E-state index in [0.717, 1.165) is 12.1 Å². The fourth-order valence-corrected chi connectivity index (χ4v) is 4.89. The maximum Gasteiger partial charge on any atom is 0.387 e. The van der Waals surface area contributed by atoms with E-state index in [1.54, 1.807) is 6.07 Å². The first-order valence-corrected chi connectivity index (χ1v) is 11.5. The van der Waals surface area contributed by atoms with Crippen LogP contribution in [-0.4, -0.2) is 63.4 Å². The Morgan fingerprint density at radius 3 is 2.45 bits per heavy atom. The van der Waals surface area contributed by atoms with Gasteiger partial charge in [0.15, 0.2) is 11.5 Å². The van der Waals surface area contributed by atoms with Crippen LogP contribution in [0.3, 0.4) is 0 Å². The van der Waals surface area contributed by atoms with E-state index in [9.17, 15) is 26.4 Å². The lowest BCUT2D eigenvalue weighted by atomic mass is 10.1. The van der Waals surface area contributed by atoms with Crippen molar-refractivity contribution < 1.29 is 35.9 Å². The Balaban J connectivity index is 1.70. The number of para-hydroxylation sites is 1. The van der Waals surface area contributed by atoms with Crippen molar-refractivity contribution in [2.75, 3.05) is 33.3 Å². The molecular formula is C22H23F3N2O5S. The number of sulfonamides is 1. The summed E-state index contributed by atoms with van der Waals surface area (Å²) in [4.78, 5) is 14.1. The molecule has 3 rings (SSSR count). The van der Waals surface area contributed by atoms with E-state index < -0.39 is 28.4 Å². The zero-order valence-electron chi connectivity index (χ0n) is 17.8. The van der Waals surface area contributed by atoms with Crippen LogP contribution in [0.4, 0.5) is 13.2 Å². The lowest BCUT2D eigenvalue weighted by Crippen LogP contribution is -2.36. The Hall–Kier alpha value is -3.05. The SMILES string of the molecule is COc1cccc(/C=C/C(=O)N2CCCN(S(=O)(=O)c3ccc(F)cc3)CC2)c1OC(F)F. The number of carbonyl (C=O) groups excluding carboxylic acids is 1. The summed E-state index contributed by atoms with van der Waals surface area (Å²) in [5.41, 5.74) is 0.235. The number of benzene rings is 2. The number of ether oxygens (including phenoxy) is 2. The van der Waals surface area contributed by atoms with E-state index in [0.29, 0.717) is 13.0 Å². The van der Waals surface area contributed by atoms with Gasteiger partial charge in [0.1, 0.15) is 5.82 Å². The van der Waals surface area contributed by atoms with Gasteiger partial charge in [-0.15, -0.1) is 0 Å². The van der Waals surface area contributed by atoms with Crippen LogP contribution in [0.5, 0.6) is 11.5 Å². The Labute approximate surface area is 190 Å². The van der Waals surface area contributed by atoms with Gasteiger partial charge in [0.2, 0.25) is 15.9 Å². The Kier molecular flexibility index (Phi) is 7.98. The molecule has 1 heterocycles. The highest BCUT2D eigenvalue weighted by atomic mass is 32.2. The largest absolute Gasteiger partial charge is 0.493 e. The average molecular weight is 484 g/mol. The van der Waals surface area contributed by atoms with Gasteiger partial charge in [0, 0.05) is 37.8 Å². The topological polar surface area (TPSA) is 76.2 Å². The van der Waals surface area contributed by atoms with Crippen molar-refractivity contribution in [1.82, 2.24) is 9.21 Å². The fraction of sp³-hybridized carbons (Fsp3) is 0.318. The summed E-state index contributed by atoms with van der Waals surface area (Å²) in [6.07, 6.45) is 2.97. The maximum absolute atomic E-state index is 13.1. The number of rotatable bonds is 7. The van der Waals surface area contributed by atoms with Crippen LogP contribution >= 0.6 is 0 Å². The molecule has 0 spiro atoms. The molecule has 1 fully saturated rings. The van der Waals surface area contributed by atoms with Gasteiger partial charge in [-0.05, 0) is 42.8 Å². The van der Waals surface area contributed by atoms with Crippen LogP contribution < -0.4 is 9.47 Å². The number of nitrogens with zero attached hydrogens (tertiary/aromatic N) is 2. The molecule has 0 radical (unpaired) electrons. The first-order valence-electron chi connectivity index (χ1n) is 10.1. The Bertz CT molecular complexity index is 1110. The molecule has 1 aliphatic rings. The van der Waals surface area contributed by atoms with E-state index >= 15 is 0 Å². The standard InChI is InChI=1S/C22H23F3N2O5S/c1-31-19-5-2-4-16(21(19)32-22(24)25)6-11-20(28)26-12-3-13-27(15-14-26)33(29,30)18-9-7-17(23)8-10-18/h2,4-11,22H,3,12-15H2,1H3/b11-6+. The summed E-state index contributed by atoms with van der Waals surface area (Å²) in [5, 5.41) is 0. The second-order valence-electron chi connectivity index (χ2n) is 7.13. The molecule has 0 aromatic heterocycles. The summed E-state index contributed by atoms with van der Waals surface area (Å²) in [6.45, 7) is -2.34. The van der Waals surface area contributed by atoms with Crippen LogP contribution in [-0.2, 0) is 14.8 Å². The number of alkyl halides is 2. The number of carbonyl (C=O) groups is 1. The smallest absolute Gasteiger partial charge is 0.387 e. The first kappa shape index (κ1) is 24.6. The van der Waals surface area contributed by atoms with E-state index in [4.69, 9.17) is 4.74 Å². The zero-order chi connectivity index (χ0) is 24.0. The summed E-state index contributed by atoms with van der Waals surface area (Å²) in [6, 6.07) is 9.10. The lowest BCUT2D eigenvalue weighted by molar-refractivity contribution is -0.125. The summed E-state index contributed by atoms with van der Waals surface area (Å²) < 4.78 is 75.2. The minimum absolute atomic E-state index is 0.0202. The van der Waals surface area contributed by atoms with Crippen molar-refractivity contribution in [2.24, 2.45) is 0 Å². The minimum atomic E-state index is -3.82. The third-order valence-corrected chi connectivity index (χ3v) is 6.97. The molecule has 0 atom stereocenters. The highest BCUT2D eigenvalue weighted by molar-refractivity contribution is 7.89. The van der Waals surface area contributed by atoms with E-state index in [-0.39, 0.29) is 41.6 Å². The summed E-state index contributed by atoms with van der Waals surface area (Å²) in [7, 11) is -2.51. The van der Waals surface area contributed by atoms with Crippen molar-refractivity contribution in [3.05, 3.63) is 59.9 Å². The molecular weight excluding hydrogens is 461 g/mol. The maximum atomic E-state index is 13.1. The number of hydrogen-bond acceptors (Lipinski definition) is 5. The van der Waals surface area contributed by atoms with Crippen LogP contribution in [0.2, 0.25) is 0 Å². The monoisotopic (exact) mass is 484 g/mol. The van der Waals surface area contributed by atoms with Crippen molar-refractivity contribution in [3.63, 3.8) is 0 Å². The number of amides is 1. The molecule has 11 heteroatoms. The van der Waals surface area contributed by atoms with Crippen molar-refractivity contribution in [1.29, 1.82) is 0 Å². The van der Waals surface area contributed by atoms with Gasteiger partial charge in [-0.3, -0.25) is 4.79 Å². The molecule has 7 nitrogen and oxygen atoms in total. The van der Waals surface area contributed by atoms with Gasteiger partial charge in [0.05, 0.1) is 12.0 Å². The third-order valence-electron chi connectivity index (χ3n) is 5.06. The Morgan fingerprint density at radius 2 is 1.79 bits per heavy atom. The number of halogens is 3. The predicted octanol–water partition coefficient (Wildman–Crippen LogP) is 3.37. The van der Waals surface area contributed by atoms with E-state index in [2.05, 4.69) is 4.74 Å². The lowest BCUT2D eigenvalue weighted by Gasteiger charge is -2.21. The van der Waals surface area contributed by atoms with Gasteiger partial charge in [-0.25, -0.2) is 12.8 Å². The number of methoxy groups -OCH3 is 1. The van der Waals surface area contributed by atoms with Crippen LogP contribution in [0.25, 0.3) is 6.08 Å². The quantitative estimate of drug-likeness (QED) is 0.564. The molecule has 1 aliphatic heterocycles. The average Bonchev–Trinajstić information content (AvgIpc) is 3.05.